The van der Waals surface area contributed by atoms with Crippen LogP contribution >= 0.6 is 0 Å². The maximum atomic E-state index is 13.7. The van der Waals surface area contributed by atoms with Crippen molar-refractivity contribution < 1.29 is 27.8 Å². The number of alkyl halides is 2. The number of cyclic esters (lactones) is 1. The number of alkyl carbamates (subject to hydrolysis) is 1. The van der Waals surface area contributed by atoms with Crippen LogP contribution in [0.1, 0.15) is 11.6 Å². The predicted octanol–water partition coefficient (Wildman–Crippen LogP) is 1.83. The van der Waals surface area contributed by atoms with Gasteiger partial charge in [-0.1, -0.05) is 6.07 Å². The standard InChI is InChI=1S/C11H9F2NO4/c12-11(13)4-16-10(15)14-9(11)6-1-2-7-8(3-6)18-5-17-7/h1-3,9H,4-5H2,(H,14,15)/t9-/m1/s1. The Kier molecular flexibility index (Phi) is 2.29. The number of hydrogen-bond acceptors (Lipinski definition) is 4. The van der Waals surface area contributed by atoms with E-state index in [4.69, 9.17) is 9.47 Å². The molecule has 1 aromatic carbocycles. The van der Waals surface area contributed by atoms with E-state index in [-0.39, 0.29) is 12.4 Å². The zero-order valence-corrected chi connectivity index (χ0v) is 9.11. The summed E-state index contributed by atoms with van der Waals surface area (Å²) >= 11 is 0. The van der Waals surface area contributed by atoms with Crippen LogP contribution in [-0.4, -0.2) is 25.4 Å². The molecule has 1 fully saturated rings. The molecule has 0 radical (unpaired) electrons. The Morgan fingerprint density at radius 2 is 2.00 bits per heavy atom. The molecule has 1 N–H and O–H groups in total. The van der Waals surface area contributed by atoms with Gasteiger partial charge in [-0.2, -0.15) is 0 Å². The van der Waals surface area contributed by atoms with Gasteiger partial charge in [0.05, 0.1) is 0 Å². The van der Waals surface area contributed by atoms with Crippen molar-refractivity contribution >= 4 is 6.09 Å². The Bertz CT molecular complexity index is 506. The normalized spacial score (nSPS) is 24.3. The van der Waals surface area contributed by atoms with Gasteiger partial charge in [-0.05, 0) is 17.7 Å². The van der Waals surface area contributed by atoms with Crippen LogP contribution < -0.4 is 14.8 Å². The topological polar surface area (TPSA) is 56.8 Å². The summed E-state index contributed by atoms with van der Waals surface area (Å²) in [7, 11) is 0. The van der Waals surface area contributed by atoms with Crippen LogP contribution in [-0.2, 0) is 4.74 Å². The number of rotatable bonds is 1. The molecule has 0 spiro atoms. The zero-order valence-electron chi connectivity index (χ0n) is 9.11. The van der Waals surface area contributed by atoms with Gasteiger partial charge in [0.2, 0.25) is 6.79 Å². The molecule has 1 atom stereocenters. The van der Waals surface area contributed by atoms with Gasteiger partial charge in [0.15, 0.2) is 18.1 Å². The number of nitrogens with one attached hydrogen (secondary N) is 1. The van der Waals surface area contributed by atoms with Gasteiger partial charge in [0.25, 0.3) is 0 Å². The summed E-state index contributed by atoms with van der Waals surface area (Å²) in [5.41, 5.74) is 0.251. The minimum atomic E-state index is -3.17. The van der Waals surface area contributed by atoms with Crippen LogP contribution in [0.2, 0.25) is 0 Å². The number of hydrogen-bond donors (Lipinski definition) is 1. The van der Waals surface area contributed by atoms with E-state index in [9.17, 15) is 13.6 Å². The van der Waals surface area contributed by atoms with Gasteiger partial charge >= 0.3 is 12.0 Å². The highest BCUT2D eigenvalue weighted by atomic mass is 19.3. The Labute approximate surface area is 101 Å². The van der Waals surface area contributed by atoms with Gasteiger partial charge in [0.1, 0.15) is 6.04 Å². The Morgan fingerprint density at radius 3 is 2.83 bits per heavy atom. The number of halogens is 2. The largest absolute Gasteiger partial charge is 0.454 e. The smallest absolute Gasteiger partial charge is 0.408 e. The van der Waals surface area contributed by atoms with Crippen LogP contribution in [0.25, 0.3) is 0 Å². The molecule has 0 unspecified atom stereocenters. The highest BCUT2D eigenvalue weighted by Crippen LogP contribution is 2.39. The third-order valence-corrected chi connectivity index (χ3v) is 2.81. The first-order valence-corrected chi connectivity index (χ1v) is 5.27. The molecular weight excluding hydrogens is 248 g/mol. The fourth-order valence-corrected chi connectivity index (χ4v) is 1.93. The van der Waals surface area contributed by atoms with Crippen LogP contribution in [0.15, 0.2) is 18.2 Å². The SMILES string of the molecule is O=C1N[C@H](c2ccc3c(c2)OCO3)C(F)(F)CO1. The molecule has 1 saturated heterocycles. The molecule has 2 aliphatic heterocycles. The Morgan fingerprint density at radius 1 is 1.22 bits per heavy atom. The van der Waals surface area contributed by atoms with Crippen LogP contribution in [0.4, 0.5) is 13.6 Å². The molecule has 96 valence electrons. The van der Waals surface area contributed by atoms with Crippen molar-refractivity contribution in [1.82, 2.24) is 5.32 Å². The monoisotopic (exact) mass is 257 g/mol. The predicted molar refractivity (Wildman–Crippen MR) is 54.7 cm³/mol. The van der Waals surface area contributed by atoms with Crippen LogP contribution in [0.3, 0.4) is 0 Å². The summed E-state index contributed by atoms with van der Waals surface area (Å²) in [6, 6.07) is 3.02. The number of fused-ring (bicyclic) bond motifs is 1. The summed E-state index contributed by atoms with van der Waals surface area (Å²) in [6.07, 6.45) is -0.858. The van der Waals surface area contributed by atoms with E-state index in [1.807, 2.05) is 0 Å². The molecule has 3 rings (SSSR count). The number of amides is 1. The first-order valence-electron chi connectivity index (χ1n) is 5.27. The van der Waals surface area contributed by atoms with E-state index in [1.54, 1.807) is 0 Å². The number of ether oxygens (including phenoxy) is 3. The van der Waals surface area contributed by atoms with Crippen molar-refractivity contribution in [2.45, 2.75) is 12.0 Å². The fraction of sp³-hybridized carbons (Fsp3) is 0.364. The average molecular weight is 257 g/mol. The molecule has 2 heterocycles. The number of carbonyl (C=O) groups is 1. The van der Waals surface area contributed by atoms with Crippen LogP contribution in [0, 0.1) is 0 Å². The van der Waals surface area contributed by atoms with E-state index < -0.39 is 24.7 Å². The van der Waals surface area contributed by atoms with Gasteiger partial charge < -0.3 is 19.5 Å². The third kappa shape index (κ3) is 1.71. The molecule has 1 amide bonds. The van der Waals surface area contributed by atoms with Gasteiger partial charge in [0, 0.05) is 0 Å². The maximum Gasteiger partial charge on any atom is 0.408 e. The molecule has 0 saturated carbocycles. The van der Waals surface area contributed by atoms with Crippen molar-refractivity contribution in [3.05, 3.63) is 23.8 Å². The molecule has 0 aromatic heterocycles. The lowest BCUT2D eigenvalue weighted by Gasteiger charge is -2.31. The second-order valence-corrected chi connectivity index (χ2v) is 4.03. The first kappa shape index (κ1) is 11.1. The Hall–Kier alpha value is -2.05. The third-order valence-electron chi connectivity index (χ3n) is 2.81. The molecular formula is C11H9F2NO4. The Balaban J connectivity index is 1.95. The highest BCUT2D eigenvalue weighted by molar-refractivity contribution is 5.69. The highest BCUT2D eigenvalue weighted by Gasteiger charge is 2.47. The van der Waals surface area contributed by atoms with E-state index in [1.165, 1.54) is 18.2 Å². The lowest BCUT2D eigenvalue weighted by molar-refractivity contribution is -0.104. The van der Waals surface area contributed by atoms with Crippen molar-refractivity contribution in [2.75, 3.05) is 13.4 Å². The molecule has 0 aliphatic carbocycles. The lowest BCUT2D eigenvalue weighted by Crippen LogP contribution is -2.49. The molecule has 5 nitrogen and oxygen atoms in total. The number of benzene rings is 1. The van der Waals surface area contributed by atoms with Crippen molar-refractivity contribution in [1.29, 1.82) is 0 Å². The first-order chi connectivity index (χ1) is 8.56. The van der Waals surface area contributed by atoms with E-state index >= 15 is 0 Å². The summed E-state index contributed by atoms with van der Waals surface area (Å²) in [6.45, 7) is -0.868. The summed E-state index contributed by atoms with van der Waals surface area (Å²) < 4.78 is 41.8. The van der Waals surface area contributed by atoms with E-state index in [0.29, 0.717) is 11.5 Å². The van der Waals surface area contributed by atoms with E-state index in [2.05, 4.69) is 10.1 Å². The van der Waals surface area contributed by atoms with Gasteiger partial charge in [-0.15, -0.1) is 0 Å². The maximum absolute atomic E-state index is 13.7. The average Bonchev–Trinajstić information content (AvgIpc) is 2.79. The molecule has 18 heavy (non-hydrogen) atoms. The quantitative estimate of drug-likeness (QED) is 0.833. The van der Waals surface area contributed by atoms with Gasteiger partial charge in [-0.25, -0.2) is 13.6 Å². The summed E-state index contributed by atoms with van der Waals surface area (Å²) in [5, 5.41) is 2.11. The summed E-state index contributed by atoms with van der Waals surface area (Å²) in [5.74, 6) is -2.27. The zero-order chi connectivity index (χ0) is 12.8. The lowest BCUT2D eigenvalue weighted by atomic mass is 9.99. The van der Waals surface area contributed by atoms with Crippen molar-refractivity contribution in [3.63, 3.8) is 0 Å². The fourth-order valence-electron chi connectivity index (χ4n) is 1.93. The van der Waals surface area contributed by atoms with Crippen LogP contribution in [0.5, 0.6) is 11.5 Å². The minimum Gasteiger partial charge on any atom is -0.454 e. The summed E-state index contributed by atoms with van der Waals surface area (Å²) in [4.78, 5) is 11.0. The second kappa shape index (κ2) is 3.72. The molecule has 7 heteroatoms. The van der Waals surface area contributed by atoms with Crippen molar-refractivity contribution in [3.8, 4) is 11.5 Å². The van der Waals surface area contributed by atoms with Crippen molar-refractivity contribution in [2.24, 2.45) is 0 Å². The molecule has 2 aliphatic rings. The molecule has 0 bridgehead atoms. The van der Waals surface area contributed by atoms with E-state index in [0.717, 1.165) is 0 Å². The second-order valence-electron chi connectivity index (χ2n) is 4.03. The van der Waals surface area contributed by atoms with Gasteiger partial charge in [-0.3, -0.25) is 0 Å². The number of carbonyl (C=O) groups excluding carboxylic acids is 1. The molecule has 1 aromatic rings. The minimum absolute atomic E-state index is 0.0648.